The Labute approximate surface area is 131 Å². The SMILES string of the molecule is COc1ccc(OC)c(NC(=O)/C(C#N)=C\Nc2ncn[nH]2)c1. The maximum absolute atomic E-state index is 12.2. The third-order valence-corrected chi connectivity index (χ3v) is 2.79. The smallest absolute Gasteiger partial charge is 0.267 e. The molecule has 1 aromatic carbocycles. The van der Waals surface area contributed by atoms with Crippen molar-refractivity contribution in [2.45, 2.75) is 0 Å². The van der Waals surface area contributed by atoms with E-state index in [0.717, 1.165) is 0 Å². The predicted molar refractivity (Wildman–Crippen MR) is 81.9 cm³/mol. The van der Waals surface area contributed by atoms with Crippen LogP contribution in [0.5, 0.6) is 11.5 Å². The van der Waals surface area contributed by atoms with Crippen LogP contribution < -0.4 is 20.1 Å². The van der Waals surface area contributed by atoms with Gasteiger partial charge in [0, 0.05) is 12.3 Å². The minimum absolute atomic E-state index is 0.147. The van der Waals surface area contributed by atoms with Crippen molar-refractivity contribution in [3.05, 3.63) is 36.3 Å². The number of methoxy groups -OCH3 is 2. The molecule has 0 fully saturated rings. The van der Waals surface area contributed by atoms with Crippen molar-refractivity contribution in [2.24, 2.45) is 0 Å². The Bertz CT molecular complexity index is 748. The molecule has 1 heterocycles. The number of aromatic amines is 1. The molecular formula is C14H14N6O3. The zero-order valence-corrected chi connectivity index (χ0v) is 12.5. The largest absolute Gasteiger partial charge is 0.497 e. The van der Waals surface area contributed by atoms with Gasteiger partial charge in [0.05, 0.1) is 19.9 Å². The maximum atomic E-state index is 12.2. The first-order valence-corrected chi connectivity index (χ1v) is 6.43. The van der Waals surface area contributed by atoms with Gasteiger partial charge in [-0.3, -0.25) is 4.79 Å². The highest BCUT2D eigenvalue weighted by molar-refractivity contribution is 6.07. The van der Waals surface area contributed by atoms with Gasteiger partial charge in [-0.05, 0) is 12.1 Å². The lowest BCUT2D eigenvalue weighted by Gasteiger charge is -2.11. The summed E-state index contributed by atoms with van der Waals surface area (Å²) in [4.78, 5) is 16.0. The van der Waals surface area contributed by atoms with Crippen molar-refractivity contribution in [3.63, 3.8) is 0 Å². The van der Waals surface area contributed by atoms with Crippen LogP contribution in [0.25, 0.3) is 0 Å². The number of anilines is 2. The second kappa shape index (κ2) is 7.46. The Hall–Kier alpha value is -3.54. The third kappa shape index (κ3) is 3.98. The number of carbonyl (C=O) groups excluding carboxylic acids is 1. The Morgan fingerprint density at radius 2 is 2.22 bits per heavy atom. The van der Waals surface area contributed by atoms with Crippen LogP contribution in [0.3, 0.4) is 0 Å². The van der Waals surface area contributed by atoms with Crippen LogP contribution in [0.1, 0.15) is 0 Å². The second-order valence-corrected chi connectivity index (χ2v) is 4.17. The number of amides is 1. The first-order valence-electron chi connectivity index (χ1n) is 6.43. The van der Waals surface area contributed by atoms with Crippen molar-refractivity contribution in [2.75, 3.05) is 24.9 Å². The lowest BCUT2D eigenvalue weighted by molar-refractivity contribution is -0.112. The molecule has 1 amide bonds. The number of nitriles is 1. The number of benzene rings is 1. The van der Waals surface area contributed by atoms with Crippen LogP contribution in [0.15, 0.2) is 36.3 Å². The molecule has 0 spiro atoms. The van der Waals surface area contributed by atoms with E-state index in [-0.39, 0.29) is 5.57 Å². The summed E-state index contributed by atoms with van der Waals surface area (Å²) in [5, 5.41) is 20.6. The minimum Gasteiger partial charge on any atom is -0.497 e. The number of H-pyrrole nitrogens is 1. The average Bonchev–Trinajstić information content (AvgIpc) is 3.08. The second-order valence-electron chi connectivity index (χ2n) is 4.17. The van der Waals surface area contributed by atoms with Gasteiger partial charge in [-0.25, -0.2) is 5.10 Å². The summed E-state index contributed by atoms with van der Waals surface area (Å²) >= 11 is 0. The van der Waals surface area contributed by atoms with E-state index in [2.05, 4.69) is 25.8 Å². The molecule has 0 bridgehead atoms. The van der Waals surface area contributed by atoms with E-state index in [1.54, 1.807) is 24.3 Å². The average molecular weight is 314 g/mol. The third-order valence-electron chi connectivity index (χ3n) is 2.79. The Morgan fingerprint density at radius 1 is 1.39 bits per heavy atom. The van der Waals surface area contributed by atoms with Crippen LogP contribution in [-0.2, 0) is 4.79 Å². The molecule has 0 atom stereocenters. The number of hydrogen-bond donors (Lipinski definition) is 3. The van der Waals surface area contributed by atoms with Gasteiger partial charge < -0.3 is 20.1 Å². The summed E-state index contributed by atoms with van der Waals surface area (Å²) in [5.74, 6) is 0.693. The van der Waals surface area contributed by atoms with Gasteiger partial charge in [-0.2, -0.15) is 15.3 Å². The summed E-state index contributed by atoms with van der Waals surface area (Å²) in [6, 6.07) is 6.74. The van der Waals surface area contributed by atoms with E-state index in [1.165, 1.54) is 26.7 Å². The lowest BCUT2D eigenvalue weighted by Crippen LogP contribution is -2.15. The first kappa shape index (κ1) is 15.8. The molecule has 0 saturated heterocycles. The molecule has 118 valence electrons. The molecular weight excluding hydrogens is 300 g/mol. The van der Waals surface area contributed by atoms with Gasteiger partial charge in [-0.1, -0.05) is 0 Å². The molecule has 0 saturated carbocycles. The molecule has 3 N–H and O–H groups in total. The van der Waals surface area contributed by atoms with Gasteiger partial charge in [0.25, 0.3) is 5.91 Å². The van der Waals surface area contributed by atoms with Crippen LogP contribution >= 0.6 is 0 Å². The molecule has 23 heavy (non-hydrogen) atoms. The number of aromatic nitrogens is 3. The minimum atomic E-state index is -0.605. The number of carbonyl (C=O) groups is 1. The quantitative estimate of drug-likeness (QED) is 0.541. The monoisotopic (exact) mass is 314 g/mol. The summed E-state index contributed by atoms with van der Waals surface area (Å²) in [6.07, 6.45) is 2.52. The highest BCUT2D eigenvalue weighted by Gasteiger charge is 2.13. The number of nitrogens with one attached hydrogen (secondary N) is 3. The lowest BCUT2D eigenvalue weighted by atomic mass is 10.2. The standard InChI is InChI=1S/C14H14N6O3/c1-22-10-3-4-12(23-2)11(5-10)19-13(21)9(6-15)7-16-14-17-8-18-20-14/h3-5,7-8H,1-2H3,(H,19,21)(H2,16,17,18,20)/b9-7-. The summed E-state index contributed by atoms with van der Waals surface area (Å²) < 4.78 is 10.3. The fraction of sp³-hybridized carbons (Fsp3) is 0.143. The molecule has 0 unspecified atom stereocenters. The van der Waals surface area contributed by atoms with Crippen LogP contribution in [0, 0.1) is 11.3 Å². The van der Waals surface area contributed by atoms with Gasteiger partial charge in [0.15, 0.2) is 0 Å². The molecule has 0 aliphatic carbocycles. The van der Waals surface area contributed by atoms with E-state index in [4.69, 9.17) is 14.7 Å². The zero-order chi connectivity index (χ0) is 16.7. The van der Waals surface area contributed by atoms with Crippen molar-refractivity contribution in [1.82, 2.24) is 15.2 Å². The Balaban J connectivity index is 2.16. The molecule has 0 aliphatic rings. The fourth-order valence-corrected chi connectivity index (χ4v) is 1.67. The van der Waals surface area contributed by atoms with Gasteiger partial charge in [0.1, 0.15) is 29.5 Å². The van der Waals surface area contributed by atoms with Crippen molar-refractivity contribution < 1.29 is 14.3 Å². The van der Waals surface area contributed by atoms with Crippen LogP contribution in [-0.4, -0.2) is 35.3 Å². The van der Waals surface area contributed by atoms with E-state index in [0.29, 0.717) is 23.1 Å². The van der Waals surface area contributed by atoms with E-state index >= 15 is 0 Å². The van der Waals surface area contributed by atoms with Gasteiger partial charge >= 0.3 is 0 Å². The molecule has 9 heteroatoms. The molecule has 0 radical (unpaired) electrons. The maximum Gasteiger partial charge on any atom is 0.267 e. The number of nitrogens with zero attached hydrogens (tertiary/aromatic N) is 3. The molecule has 2 aromatic rings. The molecule has 0 aliphatic heterocycles. The van der Waals surface area contributed by atoms with E-state index in [9.17, 15) is 4.79 Å². The molecule has 2 rings (SSSR count). The van der Waals surface area contributed by atoms with Crippen LogP contribution in [0.2, 0.25) is 0 Å². The molecule has 1 aromatic heterocycles. The highest BCUT2D eigenvalue weighted by Crippen LogP contribution is 2.29. The zero-order valence-electron chi connectivity index (χ0n) is 12.5. The molecule has 9 nitrogen and oxygen atoms in total. The van der Waals surface area contributed by atoms with E-state index < -0.39 is 5.91 Å². The van der Waals surface area contributed by atoms with Gasteiger partial charge in [0.2, 0.25) is 5.95 Å². The number of ether oxygens (including phenoxy) is 2. The summed E-state index contributed by atoms with van der Waals surface area (Å²) in [5.41, 5.74) is 0.240. The summed E-state index contributed by atoms with van der Waals surface area (Å²) in [7, 11) is 2.99. The van der Waals surface area contributed by atoms with Crippen molar-refractivity contribution in [1.29, 1.82) is 5.26 Å². The van der Waals surface area contributed by atoms with Crippen LogP contribution in [0.4, 0.5) is 11.6 Å². The van der Waals surface area contributed by atoms with Gasteiger partial charge in [-0.15, -0.1) is 0 Å². The Morgan fingerprint density at radius 3 is 2.83 bits per heavy atom. The first-order chi connectivity index (χ1) is 11.2. The Kier molecular flexibility index (Phi) is 5.14. The van der Waals surface area contributed by atoms with Crippen molar-refractivity contribution in [3.8, 4) is 17.6 Å². The topological polar surface area (TPSA) is 125 Å². The normalized spacial score (nSPS) is 10.6. The predicted octanol–water partition coefficient (Wildman–Crippen LogP) is 1.28. The summed E-state index contributed by atoms with van der Waals surface area (Å²) in [6.45, 7) is 0. The number of hydrogen-bond acceptors (Lipinski definition) is 7. The fourth-order valence-electron chi connectivity index (χ4n) is 1.67. The van der Waals surface area contributed by atoms with E-state index in [1.807, 2.05) is 0 Å². The van der Waals surface area contributed by atoms with Crippen molar-refractivity contribution >= 4 is 17.5 Å². The highest BCUT2D eigenvalue weighted by atomic mass is 16.5. The number of rotatable bonds is 6.